The Morgan fingerprint density at radius 3 is 2.92 bits per heavy atom. The summed E-state index contributed by atoms with van der Waals surface area (Å²) < 4.78 is 0. The normalized spacial score (nSPS) is 16.0. The molecule has 1 saturated carbocycles. The largest absolute Gasteiger partial charge is 0.478 e. The van der Waals surface area contributed by atoms with Gasteiger partial charge in [0.25, 0.3) is 0 Å². The van der Waals surface area contributed by atoms with E-state index in [0.717, 1.165) is 18.5 Å². The van der Waals surface area contributed by atoms with E-state index in [1.54, 1.807) is 18.3 Å². The minimum absolute atomic E-state index is 0.361. The molecular weight excluding hydrogens is 154 g/mol. The number of carbonyl (C=O) groups is 1. The number of carboxylic acids is 1. The summed E-state index contributed by atoms with van der Waals surface area (Å²) in [5, 5.41) is 8.80. The molecular formula is C9H9NO2. The van der Waals surface area contributed by atoms with Crippen molar-refractivity contribution in [3.05, 3.63) is 29.6 Å². The molecule has 1 heterocycles. The summed E-state index contributed by atoms with van der Waals surface area (Å²) in [6, 6.07) is 3.28. The lowest BCUT2D eigenvalue weighted by Gasteiger charge is -2.00. The molecule has 12 heavy (non-hydrogen) atoms. The highest BCUT2D eigenvalue weighted by Crippen LogP contribution is 2.40. The number of hydrogen-bond donors (Lipinski definition) is 1. The first-order valence-electron chi connectivity index (χ1n) is 3.97. The van der Waals surface area contributed by atoms with Crippen molar-refractivity contribution in [3.63, 3.8) is 0 Å². The Bertz CT molecular complexity index is 318. The average molecular weight is 163 g/mol. The maximum atomic E-state index is 10.7. The van der Waals surface area contributed by atoms with Crippen LogP contribution in [-0.2, 0) is 0 Å². The van der Waals surface area contributed by atoms with Gasteiger partial charge >= 0.3 is 5.97 Å². The fraction of sp³-hybridized carbons (Fsp3) is 0.333. The molecule has 0 bridgehead atoms. The van der Waals surface area contributed by atoms with Crippen molar-refractivity contribution in [2.24, 2.45) is 0 Å². The van der Waals surface area contributed by atoms with Crippen molar-refractivity contribution in [1.82, 2.24) is 4.98 Å². The Balaban J connectivity index is 2.43. The number of aromatic carboxylic acids is 1. The highest BCUT2D eigenvalue weighted by Gasteiger charge is 2.28. The zero-order valence-corrected chi connectivity index (χ0v) is 6.53. The fourth-order valence-electron chi connectivity index (χ4n) is 1.28. The smallest absolute Gasteiger partial charge is 0.337 e. The summed E-state index contributed by atoms with van der Waals surface area (Å²) in [6.07, 6.45) is 3.81. The summed E-state index contributed by atoms with van der Waals surface area (Å²) in [6.45, 7) is 0. The number of nitrogens with zero attached hydrogens (tertiary/aromatic N) is 1. The van der Waals surface area contributed by atoms with Gasteiger partial charge in [-0.3, -0.25) is 4.98 Å². The number of hydrogen-bond acceptors (Lipinski definition) is 2. The Labute approximate surface area is 70.1 Å². The molecule has 1 aliphatic rings. The first kappa shape index (κ1) is 7.28. The van der Waals surface area contributed by atoms with Crippen LogP contribution in [0, 0.1) is 0 Å². The number of aromatic nitrogens is 1. The van der Waals surface area contributed by atoms with Gasteiger partial charge in [0, 0.05) is 12.1 Å². The molecule has 0 saturated heterocycles. The van der Waals surface area contributed by atoms with Crippen LogP contribution in [0.3, 0.4) is 0 Å². The van der Waals surface area contributed by atoms with Crippen LogP contribution in [-0.4, -0.2) is 16.1 Å². The lowest BCUT2D eigenvalue weighted by molar-refractivity contribution is 0.0695. The van der Waals surface area contributed by atoms with Crippen molar-refractivity contribution in [2.75, 3.05) is 0 Å². The standard InChI is InChI=1S/C9H9NO2/c11-9(12)7-2-1-5-10-8(7)6-3-4-6/h1-2,5-6H,3-4H2,(H,11,12). The molecule has 0 spiro atoms. The summed E-state index contributed by atoms with van der Waals surface area (Å²) in [7, 11) is 0. The zero-order valence-electron chi connectivity index (χ0n) is 6.53. The summed E-state index contributed by atoms with van der Waals surface area (Å²) in [5.74, 6) is -0.470. The molecule has 3 heteroatoms. The summed E-state index contributed by atoms with van der Waals surface area (Å²) >= 11 is 0. The lowest BCUT2D eigenvalue weighted by atomic mass is 10.1. The second-order valence-electron chi connectivity index (χ2n) is 3.02. The van der Waals surface area contributed by atoms with Crippen molar-refractivity contribution in [3.8, 4) is 0 Å². The van der Waals surface area contributed by atoms with E-state index < -0.39 is 5.97 Å². The number of carboxylic acid groups (broad SMARTS) is 1. The van der Waals surface area contributed by atoms with E-state index in [2.05, 4.69) is 4.98 Å². The van der Waals surface area contributed by atoms with E-state index in [1.807, 2.05) is 0 Å². The van der Waals surface area contributed by atoms with Gasteiger partial charge in [0.15, 0.2) is 0 Å². The minimum atomic E-state index is -0.870. The third kappa shape index (κ3) is 1.18. The molecule has 1 N–H and O–H groups in total. The van der Waals surface area contributed by atoms with E-state index in [1.165, 1.54) is 0 Å². The van der Waals surface area contributed by atoms with Crippen molar-refractivity contribution in [1.29, 1.82) is 0 Å². The van der Waals surface area contributed by atoms with E-state index in [9.17, 15) is 4.79 Å². The van der Waals surface area contributed by atoms with Crippen LogP contribution in [0.15, 0.2) is 18.3 Å². The molecule has 1 aromatic heterocycles. The van der Waals surface area contributed by atoms with E-state index in [0.29, 0.717) is 11.5 Å². The molecule has 1 aromatic rings. The quantitative estimate of drug-likeness (QED) is 0.721. The van der Waals surface area contributed by atoms with Gasteiger partial charge in [-0.2, -0.15) is 0 Å². The molecule has 0 atom stereocenters. The fourth-order valence-corrected chi connectivity index (χ4v) is 1.28. The Hall–Kier alpha value is -1.38. The first-order chi connectivity index (χ1) is 5.79. The monoisotopic (exact) mass is 163 g/mol. The van der Waals surface area contributed by atoms with Gasteiger partial charge in [0.05, 0.1) is 11.3 Å². The van der Waals surface area contributed by atoms with Crippen LogP contribution in [0.1, 0.15) is 34.8 Å². The van der Waals surface area contributed by atoms with E-state index in [-0.39, 0.29) is 0 Å². The Morgan fingerprint density at radius 2 is 2.33 bits per heavy atom. The Morgan fingerprint density at radius 1 is 1.58 bits per heavy atom. The third-order valence-electron chi connectivity index (χ3n) is 2.03. The highest BCUT2D eigenvalue weighted by molar-refractivity contribution is 5.89. The van der Waals surface area contributed by atoms with Crippen LogP contribution >= 0.6 is 0 Å². The SMILES string of the molecule is O=C(O)c1cccnc1C1CC1. The van der Waals surface area contributed by atoms with Gasteiger partial charge in [0.2, 0.25) is 0 Å². The molecule has 0 unspecified atom stereocenters. The van der Waals surface area contributed by atoms with Gasteiger partial charge in [-0.1, -0.05) is 0 Å². The van der Waals surface area contributed by atoms with Crippen LogP contribution in [0.5, 0.6) is 0 Å². The van der Waals surface area contributed by atoms with Crippen molar-refractivity contribution < 1.29 is 9.90 Å². The average Bonchev–Trinajstić information content (AvgIpc) is 2.87. The molecule has 0 aromatic carbocycles. The van der Waals surface area contributed by atoms with Gasteiger partial charge in [-0.15, -0.1) is 0 Å². The molecule has 1 fully saturated rings. The highest BCUT2D eigenvalue weighted by atomic mass is 16.4. The maximum Gasteiger partial charge on any atom is 0.337 e. The topological polar surface area (TPSA) is 50.2 Å². The second-order valence-corrected chi connectivity index (χ2v) is 3.02. The van der Waals surface area contributed by atoms with Gasteiger partial charge in [0.1, 0.15) is 0 Å². The predicted octanol–water partition coefficient (Wildman–Crippen LogP) is 1.66. The number of rotatable bonds is 2. The van der Waals surface area contributed by atoms with Crippen LogP contribution in [0.25, 0.3) is 0 Å². The van der Waals surface area contributed by atoms with Crippen LogP contribution in [0.2, 0.25) is 0 Å². The van der Waals surface area contributed by atoms with E-state index >= 15 is 0 Å². The molecule has 3 nitrogen and oxygen atoms in total. The molecule has 0 amide bonds. The summed E-state index contributed by atoms with van der Waals surface area (Å²) in [5.41, 5.74) is 1.12. The molecule has 0 radical (unpaired) electrons. The van der Waals surface area contributed by atoms with Crippen molar-refractivity contribution in [2.45, 2.75) is 18.8 Å². The predicted molar refractivity (Wildman–Crippen MR) is 43.2 cm³/mol. The minimum Gasteiger partial charge on any atom is -0.478 e. The molecule has 1 aliphatic carbocycles. The molecule has 0 aliphatic heterocycles. The van der Waals surface area contributed by atoms with Crippen LogP contribution in [0.4, 0.5) is 0 Å². The Kier molecular flexibility index (Phi) is 1.57. The van der Waals surface area contributed by atoms with Crippen LogP contribution < -0.4 is 0 Å². The van der Waals surface area contributed by atoms with E-state index in [4.69, 9.17) is 5.11 Å². The van der Waals surface area contributed by atoms with Gasteiger partial charge in [-0.05, 0) is 25.0 Å². The second kappa shape index (κ2) is 2.59. The molecule has 62 valence electrons. The lowest BCUT2D eigenvalue weighted by Crippen LogP contribution is -2.02. The van der Waals surface area contributed by atoms with Gasteiger partial charge < -0.3 is 5.11 Å². The van der Waals surface area contributed by atoms with Crippen molar-refractivity contribution >= 4 is 5.97 Å². The third-order valence-corrected chi connectivity index (χ3v) is 2.03. The zero-order chi connectivity index (χ0) is 8.55. The maximum absolute atomic E-state index is 10.7. The number of pyridine rings is 1. The summed E-state index contributed by atoms with van der Waals surface area (Å²) in [4.78, 5) is 14.8. The van der Waals surface area contributed by atoms with Gasteiger partial charge in [-0.25, -0.2) is 4.79 Å². The molecule has 2 rings (SSSR count). The first-order valence-corrected chi connectivity index (χ1v) is 3.97.